The molecule has 0 bridgehead atoms. The summed E-state index contributed by atoms with van der Waals surface area (Å²) in [4.78, 5) is 26.8. The van der Waals surface area contributed by atoms with Crippen molar-refractivity contribution in [2.24, 2.45) is 0 Å². The Bertz CT molecular complexity index is 546. The largest absolute Gasteiger partial charge is 0.507 e. The van der Waals surface area contributed by atoms with Crippen LogP contribution in [0.3, 0.4) is 0 Å². The van der Waals surface area contributed by atoms with Crippen LogP contribution in [0.4, 0.5) is 13.6 Å². The van der Waals surface area contributed by atoms with Crippen molar-refractivity contribution in [1.29, 1.82) is 0 Å². The van der Waals surface area contributed by atoms with Crippen molar-refractivity contribution in [3.05, 3.63) is 29.8 Å². The maximum absolute atomic E-state index is 12.3. The number of phenolic OH excluding ortho intramolecular Hbond substituents is 1. The molecule has 120 valence electrons. The van der Waals surface area contributed by atoms with E-state index in [0.717, 1.165) is 0 Å². The Morgan fingerprint density at radius 3 is 2.32 bits per heavy atom. The summed E-state index contributed by atoms with van der Waals surface area (Å²) in [7, 11) is 0. The summed E-state index contributed by atoms with van der Waals surface area (Å²) >= 11 is 0. The number of piperazine rings is 1. The molecule has 1 aromatic rings. The number of phenols is 1. The highest BCUT2D eigenvalue weighted by Gasteiger charge is 2.26. The molecular formula is C14H17F2N3O3. The fourth-order valence-electron chi connectivity index (χ4n) is 2.21. The van der Waals surface area contributed by atoms with Crippen molar-refractivity contribution in [3.63, 3.8) is 0 Å². The average molecular weight is 313 g/mol. The molecule has 0 atom stereocenters. The Morgan fingerprint density at radius 2 is 1.73 bits per heavy atom. The molecule has 8 heteroatoms. The molecule has 2 N–H and O–H groups in total. The van der Waals surface area contributed by atoms with Gasteiger partial charge in [0, 0.05) is 26.2 Å². The van der Waals surface area contributed by atoms with Gasteiger partial charge in [-0.2, -0.15) is 0 Å². The Morgan fingerprint density at radius 1 is 1.14 bits per heavy atom. The molecular weight excluding hydrogens is 296 g/mol. The Kier molecular flexibility index (Phi) is 5.13. The zero-order valence-corrected chi connectivity index (χ0v) is 11.8. The Balaban J connectivity index is 1.88. The van der Waals surface area contributed by atoms with Crippen molar-refractivity contribution in [3.8, 4) is 5.75 Å². The van der Waals surface area contributed by atoms with Crippen molar-refractivity contribution < 1.29 is 23.5 Å². The van der Waals surface area contributed by atoms with E-state index in [-0.39, 0.29) is 43.4 Å². The number of nitrogens with zero attached hydrogens (tertiary/aromatic N) is 2. The van der Waals surface area contributed by atoms with E-state index in [2.05, 4.69) is 5.32 Å². The minimum absolute atomic E-state index is 0.0930. The predicted octanol–water partition coefficient (Wildman–Crippen LogP) is 1.12. The number of benzene rings is 1. The van der Waals surface area contributed by atoms with Gasteiger partial charge in [-0.05, 0) is 12.1 Å². The Labute approximate surface area is 126 Å². The van der Waals surface area contributed by atoms with Gasteiger partial charge in [0.05, 0.1) is 12.1 Å². The number of hydrogen-bond acceptors (Lipinski definition) is 3. The molecule has 0 saturated carbocycles. The minimum Gasteiger partial charge on any atom is -0.507 e. The van der Waals surface area contributed by atoms with Crippen molar-refractivity contribution >= 4 is 11.9 Å². The van der Waals surface area contributed by atoms with Crippen LogP contribution in [-0.2, 0) is 0 Å². The molecule has 1 fully saturated rings. The molecule has 0 aliphatic carbocycles. The highest BCUT2D eigenvalue weighted by molar-refractivity contribution is 5.96. The summed E-state index contributed by atoms with van der Waals surface area (Å²) in [5.74, 6) is -0.407. The number of halogens is 2. The summed E-state index contributed by atoms with van der Waals surface area (Å²) in [5.41, 5.74) is 0.207. The van der Waals surface area contributed by atoms with Crippen LogP contribution in [-0.4, -0.2) is 66.0 Å². The molecule has 0 spiro atoms. The number of carbonyl (C=O) groups excluding carboxylic acids is 2. The third kappa shape index (κ3) is 3.84. The predicted molar refractivity (Wildman–Crippen MR) is 75.0 cm³/mol. The molecule has 1 heterocycles. The number of rotatable bonds is 3. The van der Waals surface area contributed by atoms with Gasteiger partial charge in [-0.1, -0.05) is 12.1 Å². The second-order valence-corrected chi connectivity index (χ2v) is 4.87. The van der Waals surface area contributed by atoms with E-state index in [1.807, 2.05) is 0 Å². The number of alkyl halides is 2. The van der Waals surface area contributed by atoms with Gasteiger partial charge in [0.1, 0.15) is 5.75 Å². The number of hydrogen-bond donors (Lipinski definition) is 2. The molecule has 22 heavy (non-hydrogen) atoms. The zero-order chi connectivity index (χ0) is 16.1. The van der Waals surface area contributed by atoms with Gasteiger partial charge in [-0.3, -0.25) is 4.79 Å². The van der Waals surface area contributed by atoms with Crippen LogP contribution in [0.5, 0.6) is 5.75 Å². The second kappa shape index (κ2) is 7.06. The van der Waals surface area contributed by atoms with Crippen molar-refractivity contribution in [1.82, 2.24) is 15.1 Å². The van der Waals surface area contributed by atoms with E-state index < -0.39 is 19.0 Å². The summed E-state index contributed by atoms with van der Waals surface area (Å²) in [6.07, 6.45) is -2.59. The van der Waals surface area contributed by atoms with Gasteiger partial charge in [-0.25, -0.2) is 13.6 Å². The minimum atomic E-state index is -2.59. The maximum Gasteiger partial charge on any atom is 0.317 e. The number of nitrogens with one attached hydrogen (secondary N) is 1. The highest BCUT2D eigenvalue weighted by atomic mass is 19.3. The monoisotopic (exact) mass is 313 g/mol. The highest BCUT2D eigenvalue weighted by Crippen LogP contribution is 2.18. The number of urea groups is 1. The van der Waals surface area contributed by atoms with Crippen LogP contribution in [0.1, 0.15) is 10.4 Å². The lowest BCUT2D eigenvalue weighted by Crippen LogP contribution is -2.53. The lowest BCUT2D eigenvalue weighted by molar-refractivity contribution is 0.0658. The summed E-state index contributed by atoms with van der Waals surface area (Å²) < 4.78 is 24.1. The summed E-state index contributed by atoms with van der Waals surface area (Å²) in [6, 6.07) is 5.67. The van der Waals surface area contributed by atoms with Crippen molar-refractivity contribution in [2.45, 2.75) is 6.43 Å². The molecule has 0 aromatic heterocycles. The molecule has 2 rings (SSSR count). The summed E-state index contributed by atoms with van der Waals surface area (Å²) in [6.45, 7) is 0.406. The molecule has 1 aromatic carbocycles. The van der Waals surface area contributed by atoms with Gasteiger partial charge < -0.3 is 20.2 Å². The molecule has 1 aliphatic rings. The van der Waals surface area contributed by atoms with E-state index in [1.54, 1.807) is 12.1 Å². The van der Waals surface area contributed by atoms with Crippen LogP contribution < -0.4 is 5.32 Å². The van der Waals surface area contributed by atoms with Crippen LogP contribution in [0, 0.1) is 0 Å². The number of para-hydroxylation sites is 1. The van der Waals surface area contributed by atoms with Gasteiger partial charge in [0.25, 0.3) is 12.3 Å². The first-order valence-electron chi connectivity index (χ1n) is 6.87. The molecule has 0 unspecified atom stereocenters. The van der Waals surface area contributed by atoms with Gasteiger partial charge in [0.2, 0.25) is 0 Å². The molecule has 6 nitrogen and oxygen atoms in total. The first-order valence-corrected chi connectivity index (χ1v) is 6.87. The van der Waals surface area contributed by atoms with Crippen LogP contribution in [0.25, 0.3) is 0 Å². The van der Waals surface area contributed by atoms with E-state index in [9.17, 15) is 23.5 Å². The van der Waals surface area contributed by atoms with E-state index in [0.29, 0.717) is 0 Å². The Hall–Kier alpha value is -2.38. The molecule has 1 aliphatic heterocycles. The van der Waals surface area contributed by atoms with Gasteiger partial charge in [-0.15, -0.1) is 0 Å². The topological polar surface area (TPSA) is 72.9 Å². The number of amides is 3. The van der Waals surface area contributed by atoms with Crippen molar-refractivity contribution in [2.75, 3.05) is 32.7 Å². The lowest BCUT2D eigenvalue weighted by Gasteiger charge is -2.34. The average Bonchev–Trinajstić information content (AvgIpc) is 2.52. The normalized spacial score (nSPS) is 15.0. The number of aromatic hydroxyl groups is 1. The van der Waals surface area contributed by atoms with Crippen LogP contribution in [0.2, 0.25) is 0 Å². The van der Waals surface area contributed by atoms with E-state index in [1.165, 1.54) is 21.9 Å². The van der Waals surface area contributed by atoms with Crippen LogP contribution in [0.15, 0.2) is 24.3 Å². The molecule has 3 amide bonds. The third-order valence-corrected chi connectivity index (χ3v) is 3.40. The first kappa shape index (κ1) is 16.0. The molecule has 0 radical (unpaired) electrons. The van der Waals surface area contributed by atoms with Gasteiger partial charge in [0.15, 0.2) is 0 Å². The van der Waals surface area contributed by atoms with E-state index in [4.69, 9.17) is 0 Å². The smallest absolute Gasteiger partial charge is 0.317 e. The van der Waals surface area contributed by atoms with Crippen LogP contribution >= 0.6 is 0 Å². The maximum atomic E-state index is 12.3. The summed E-state index contributed by atoms with van der Waals surface area (Å²) in [5, 5.41) is 11.8. The quantitative estimate of drug-likeness (QED) is 0.878. The van der Waals surface area contributed by atoms with E-state index >= 15 is 0 Å². The standard InChI is InChI=1S/C14H17F2N3O3/c15-12(16)9-17-14(22)19-7-5-18(6-8-19)13(21)10-3-1-2-4-11(10)20/h1-4,12,20H,5-9H2,(H,17,22). The fourth-order valence-corrected chi connectivity index (χ4v) is 2.21. The fraction of sp³-hybridized carbons (Fsp3) is 0.429. The number of carbonyl (C=O) groups is 2. The second-order valence-electron chi connectivity index (χ2n) is 4.87. The van der Waals surface area contributed by atoms with Gasteiger partial charge >= 0.3 is 6.03 Å². The SMILES string of the molecule is O=C(NCC(F)F)N1CCN(C(=O)c2ccccc2O)CC1. The zero-order valence-electron chi connectivity index (χ0n) is 11.8. The first-order chi connectivity index (χ1) is 10.5. The third-order valence-electron chi connectivity index (χ3n) is 3.40. The lowest BCUT2D eigenvalue weighted by atomic mass is 10.1. The molecule has 1 saturated heterocycles.